The summed E-state index contributed by atoms with van der Waals surface area (Å²) in [6.45, 7) is 11.6. The number of allylic oxidation sites excluding steroid dienone is 6. The summed E-state index contributed by atoms with van der Waals surface area (Å²) in [5, 5.41) is 0. The third-order valence-electron chi connectivity index (χ3n) is 8.80. The standard InChI is InChI=1S/C25H32O4/c1-14-11-19-20(23(5)9-7-18(28)13-21(14)23)8-10-24(6)22(19)12-15(2)25(24,16(3)26)29-17(4)27/h7,9,11,13,15,19-20,22H,8,10,12H2,1-6H3. The van der Waals surface area contributed by atoms with E-state index in [1.807, 2.05) is 0 Å². The minimum absolute atomic E-state index is 0.0143. The highest BCUT2D eigenvalue weighted by Gasteiger charge is 2.70. The fraction of sp³-hybridized carbons (Fsp3) is 0.640. The first kappa shape index (κ1) is 20.3. The Morgan fingerprint density at radius 3 is 2.48 bits per heavy atom. The lowest BCUT2D eigenvalue weighted by Crippen LogP contribution is -2.59. The molecule has 156 valence electrons. The Bertz CT molecular complexity index is 892. The maximum Gasteiger partial charge on any atom is 0.303 e. The zero-order valence-corrected chi connectivity index (χ0v) is 18.4. The SMILES string of the molecule is CC(=O)OC1(C(C)=O)C(C)CC2C3C=C(C)C4=CC(=O)C=CC4(C)C3CCC21C. The molecule has 0 bridgehead atoms. The van der Waals surface area contributed by atoms with Crippen molar-refractivity contribution in [2.45, 2.75) is 66.4 Å². The van der Waals surface area contributed by atoms with E-state index in [0.29, 0.717) is 11.8 Å². The van der Waals surface area contributed by atoms with Crippen molar-refractivity contribution in [2.24, 2.45) is 34.5 Å². The third-order valence-corrected chi connectivity index (χ3v) is 8.80. The van der Waals surface area contributed by atoms with Gasteiger partial charge in [0.25, 0.3) is 0 Å². The minimum Gasteiger partial charge on any atom is -0.450 e. The van der Waals surface area contributed by atoms with Crippen molar-refractivity contribution in [1.82, 2.24) is 0 Å². The van der Waals surface area contributed by atoms with Crippen LogP contribution in [0.5, 0.6) is 0 Å². The van der Waals surface area contributed by atoms with E-state index in [0.717, 1.165) is 30.4 Å². The Hall–Kier alpha value is -1.97. The van der Waals surface area contributed by atoms with Crippen molar-refractivity contribution in [3.05, 3.63) is 35.5 Å². The lowest BCUT2D eigenvalue weighted by Gasteiger charge is -2.57. The molecule has 0 aliphatic heterocycles. The predicted molar refractivity (Wildman–Crippen MR) is 111 cm³/mol. The van der Waals surface area contributed by atoms with Crippen LogP contribution in [-0.4, -0.2) is 23.1 Å². The number of Topliss-reactive ketones (excluding diaryl/α,β-unsaturated/α-hetero) is 1. The summed E-state index contributed by atoms with van der Waals surface area (Å²) in [6, 6.07) is 0. The van der Waals surface area contributed by atoms with E-state index < -0.39 is 5.60 Å². The average Bonchev–Trinajstić information content (AvgIpc) is 2.85. The van der Waals surface area contributed by atoms with Gasteiger partial charge >= 0.3 is 5.97 Å². The van der Waals surface area contributed by atoms with Crippen molar-refractivity contribution >= 4 is 17.5 Å². The maximum absolute atomic E-state index is 13.0. The molecule has 2 saturated carbocycles. The van der Waals surface area contributed by atoms with E-state index in [4.69, 9.17) is 4.74 Å². The summed E-state index contributed by atoms with van der Waals surface area (Å²) in [5.41, 5.74) is 0.708. The largest absolute Gasteiger partial charge is 0.450 e. The summed E-state index contributed by atoms with van der Waals surface area (Å²) in [5.74, 6) is 0.579. The van der Waals surface area contributed by atoms with Crippen LogP contribution in [0.15, 0.2) is 35.5 Å². The van der Waals surface area contributed by atoms with Crippen LogP contribution in [-0.2, 0) is 19.1 Å². The molecule has 4 nitrogen and oxygen atoms in total. The van der Waals surface area contributed by atoms with E-state index in [9.17, 15) is 14.4 Å². The molecule has 7 atom stereocenters. The summed E-state index contributed by atoms with van der Waals surface area (Å²) >= 11 is 0. The second-order valence-corrected chi connectivity index (χ2v) is 10.2. The molecular formula is C25H32O4. The third kappa shape index (κ3) is 2.47. The van der Waals surface area contributed by atoms with E-state index in [-0.39, 0.29) is 40.2 Å². The lowest BCUT2D eigenvalue weighted by molar-refractivity contribution is -0.190. The highest BCUT2D eigenvalue weighted by atomic mass is 16.6. The Morgan fingerprint density at radius 1 is 1.17 bits per heavy atom. The number of rotatable bonds is 2. The zero-order valence-electron chi connectivity index (χ0n) is 18.4. The molecule has 0 saturated heterocycles. The van der Waals surface area contributed by atoms with Gasteiger partial charge in [-0.25, -0.2) is 0 Å². The van der Waals surface area contributed by atoms with Gasteiger partial charge in [0, 0.05) is 23.7 Å². The number of carbonyl (C=O) groups excluding carboxylic acids is 3. The quantitative estimate of drug-likeness (QED) is 0.640. The van der Waals surface area contributed by atoms with E-state index in [2.05, 4.69) is 39.8 Å². The van der Waals surface area contributed by atoms with Gasteiger partial charge < -0.3 is 4.74 Å². The Labute approximate surface area is 173 Å². The van der Waals surface area contributed by atoms with Crippen molar-refractivity contribution in [1.29, 1.82) is 0 Å². The molecule has 0 aromatic heterocycles. The van der Waals surface area contributed by atoms with Gasteiger partial charge in [0.05, 0.1) is 0 Å². The summed E-state index contributed by atoms with van der Waals surface area (Å²) in [7, 11) is 0. The van der Waals surface area contributed by atoms with Gasteiger partial charge in [0.2, 0.25) is 0 Å². The molecule has 7 unspecified atom stereocenters. The lowest BCUT2D eigenvalue weighted by atomic mass is 9.48. The minimum atomic E-state index is -1.05. The molecule has 0 heterocycles. The van der Waals surface area contributed by atoms with Crippen molar-refractivity contribution < 1.29 is 19.1 Å². The fourth-order valence-corrected chi connectivity index (χ4v) is 7.65. The first-order chi connectivity index (χ1) is 13.5. The number of hydrogen-bond acceptors (Lipinski definition) is 4. The molecule has 0 spiro atoms. The van der Waals surface area contributed by atoms with E-state index in [1.165, 1.54) is 6.92 Å². The van der Waals surface area contributed by atoms with Crippen LogP contribution < -0.4 is 0 Å². The Balaban J connectivity index is 1.84. The van der Waals surface area contributed by atoms with Crippen LogP contribution in [0.1, 0.15) is 60.8 Å². The van der Waals surface area contributed by atoms with Crippen LogP contribution in [0.25, 0.3) is 0 Å². The number of fused-ring (bicyclic) bond motifs is 5. The molecule has 0 aromatic carbocycles. The molecule has 0 N–H and O–H groups in total. The maximum atomic E-state index is 13.0. The second kappa shape index (κ2) is 6.26. The highest BCUT2D eigenvalue weighted by molar-refractivity contribution is 6.02. The number of hydrogen-bond donors (Lipinski definition) is 0. The summed E-state index contributed by atoms with van der Waals surface area (Å²) in [6.07, 6.45) is 10.6. The highest BCUT2D eigenvalue weighted by Crippen LogP contribution is 2.68. The van der Waals surface area contributed by atoms with Gasteiger partial charge in [-0.1, -0.05) is 38.5 Å². The van der Waals surface area contributed by atoms with Crippen LogP contribution >= 0.6 is 0 Å². The first-order valence-corrected chi connectivity index (χ1v) is 10.8. The molecular weight excluding hydrogens is 364 g/mol. The smallest absolute Gasteiger partial charge is 0.303 e. The van der Waals surface area contributed by atoms with Crippen molar-refractivity contribution in [3.8, 4) is 0 Å². The molecule has 4 aliphatic rings. The molecule has 4 heteroatoms. The average molecular weight is 397 g/mol. The molecule has 2 fully saturated rings. The molecule has 0 radical (unpaired) electrons. The second-order valence-electron chi connectivity index (χ2n) is 10.2. The molecule has 4 aliphatic carbocycles. The van der Waals surface area contributed by atoms with E-state index >= 15 is 0 Å². The molecule has 0 aromatic rings. The summed E-state index contributed by atoms with van der Waals surface area (Å²) in [4.78, 5) is 37.0. The first-order valence-electron chi connectivity index (χ1n) is 10.8. The van der Waals surface area contributed by atoms with Crippen LogP contribution in [0.4, 0.5) is 0 Å². The van der Waals surface area contributed by atoms with Gasteiger partial charge in [-0.15, -0.1) is 0 Å². The van der Waals surface area contributed by atoms with E-state index in [1.54, 1.807) is 19.1 Å². The van der Waals surface area contributed by atoms with Gasteiger partial charge in [-0.2, -0.15) is 0 Å². The molecule has 4 rings (SSSR count). The van der Waals surface area contributed by atoms with Gasteiger partial charge in [-0.05, 0) is 68.6 Å². The van der Waals surface area contributed by atoms with Crippen molar-refractivity contribution in [2.75, 3.05) is 0 Å². The van der Waals surface area contributed by atoms with Crippen molar-refractivity contribution in [3.63, 3.8) is 0 Å². The summed E-state index contributed by atoms with van der Waals surface area (Å²) < 4.78 is 5.92. The van der Waals surface area contributed by atoms with Gasteiger partial charge in [-0.3, -0.25) is 14.4 Å². The number of ketones is 2. The number of carbonyl (C=O) groups is 3. The molecule has 0 amide bonds. The number of ether oxygens (including phenoxy) is 1. The van der Waals surface area contributed by atoms with Crippen LogP contribution in [0.3, 0.4) is 0 Å². The van der Waals surface area contributed by atoms with Crippen LogP contribution in [0, 0.1) is 34.5 Å². The molecule has 29 heavy (non-hydrogen) atoms. The van der Waals surface area contributed by atoms with Gasteiger partial charge in [0.1, 0.15) is 0 Å². The van der Waals surface area contributed by atoms with Gasteiger partial charge in [0.15, 0.2) is 17.2 Å². The fourth-order valence-electron chi connectivity index (χ4n) is 7.65. The zero-order chi connectivity index (χ0) is 21.4. The Morgan fingerprint density at radius 2 is 1.86 bits per heavy atom. The Kier molecular flexibility index (Phi) is 4.39. The predicted octanol–water partition coefficient (Wildman–Crippen LogP) is 4.60. The number of esters is 1. The normalized spacial score (nSPS) is 45.5. The topological polar surface area (TPSA) is 60.4 Å². The monoisotopic (exact) mass is 396 g/mol. The van der Waals surface area contributed by atoms with Crippen LogP contribution in [0.2, 0.25) is 0 Å².